The minimum Gasteiger partial charge on any atom is -0.478 e. The molecule has 1 aliphatic rings. The Bertz CT molecular complexity index is 1260. The molecule has 0 bridgehead atoms. The highest BCUT2D eigenvalue weighted by Gasteiger charge is 2.25. The van der Waals surface area contributed by atoms with Gasteiger partial charge in [0, 0.05) is 24.8 Å². The predicted octanol–water partition coefficient (Wildman–Crippen LogP) is 4.20. The van der Waals surface area contributed by atoms with Gasteiger partial charge >= 0.3 is 5.97 Å². The van der Waals surface area contributed by atoms with Crippen LogP contribution in [0.4, 0.5) is 11.4 Å². The average Bonchev–Trinajstić information content (AvgIpc) is 2.84. The molecule has 2 aromatic carbocycles. The minimum atomic E-state index is -4.05. The minimum absolute atomic E-state index is 0.00932. The lowest BCUT2D eigenvalue weighted by atomic mass is 10.1. The van der Waals surface area contributed by atoms with Crippen LogP contribution in [0.3, 0.4) is 0 Å². The number of carboxylic acids is 1. The first-order chi connectivity index (χ1) is 15.9. The van der Waals surface area contributed by atoms with Crippen molar-refractivity contribution in [1.29, 1.82) is 0 Å². The summed E-state index contributed by atoms with van der Waals surface area (Å²) in [5, 5.41) is 17.6. The van der Waals surface area contributed by atoms with E-state index in [1.807, 2.05) is 18.2 Å². The summed E-state index contributed by atoms with van der Waals surface area (Å²) in [6.07, 6.45) is 5.09. The fraction of sp³-hybridized carbons (Fsp3) is 0.292. The Hall–Kier alpha value is -3.46. The Kier molecular flexibility index (Phi) is 6.60. The number of carboxylic acid groups (broad SMARTS) is 1. The molecule has 4 rings (SSSR count). The van der Waals surface area contributed by atoms with E-state index in [2.05, 4.69) is 19.8 Å². The Labute approximate surface area is 193 Å². The molecule has 0 unspecified atom stereocenters. The number of rotatable bonds is 7. The number of aromatic nitrogens is 2. The SMILES string of the molecule is CCc1c(C(=O)O)cccc1S(=O)(=O)Nc1cc(-c2cccnn2)ccc1N1CCCCC1. The monoisotopic (exact) mass is 466 g/mol. The summed E-state index contributed by atoms with van der Waals surface area (Å²) in [5.74, 6) is -1.15. The maximum Gasteiger partial charge on any atom is 0.336 e. The van der Waals surface area contributed by atoms with Crippen molar-refractivity contribution in [1.82, 2.24) is 10.2 Å². The van der Waals surface area contributed by atoms with Crippen molar-refractivity contribution in [3.05, 3.63) is 65.9 Å². The Morgan fingerprint density at radius 2 is 1.88 bits per heavy atom. The van der Waals surface area contributed by atoms with Crippen LogP contribution in [0, 0.1) is 0 Å². The third-order valence-electron chi connectivity index (χ3n) is 5.81. The second kappa shape index (κ2) is 9.58. The second-order valence-corrected chi connectivity index (χ2v) is 9.59. The van der Waals surface area contributed by atoms with Gasteiger partial charge in [-0.1, -0.05) is 19.1 Å². The first kappa shape index (κ1) is 22.7. The third kappa shape index (κ3) is 4.83. The van der Waals surface area contributed by atoms with E-state index in [-0.39, 0.29) is 22.4 Å². The summed E-state index contributed by atoms with van der Waals surface area (Å²) in [7, 11) is -4.05. The number of hydrogen-bond donors (Lipinski definition) is 2. The Morgan fingerprint density at radius 1 is 1.09 bits per heavy atom. The molecule has 0 amide bonds. The largest absolute Gasteiger partial charge is 0.478 e. The summed E-state index contributed by atoms with van der Waals surface area (Å²) in [4.78, 5) is 13.8. The van der Waals surface area contributed by atoms with E-state index in [4.69, 9.17) is 0 Å². The van der Waals surface area contributed by atoms with Gasteiger partial charge in [-0.2, -0.15) is 10.2 Å². The highest BCUT2D eigenvalue weighted by molar-refractivity contribution is 7.92. The fourth-order valence-corrected chi connectivity index (χ4v) is 5.62. The molecule has 2 heterocycles. The van der Waals surface area contributed by atoms with Crippen LogP contribution in [0.25, 0.3) is 11.3 Å². The molecule has 0 atom stereocenters. The van der Waals surface area contributed by atoms with Crippen molar-refractivity contribution in [2.24, 2.45) is 0 Å². The second-order valence-electron chi connectivity index (χ2n) is 7.94. The first-order valence-corrected chi connectivity index (χ1v) is 12.4. The van der Waals surface area contributed by atoms with Gasteiger partial charge in [0.25, 0.3) is 10.0 Å². The van der Waals surface area contributed by atoms with Crippen molar-refractivity contribution in [2.75, 3.05) is 22.7 Å². The van der Waals surface area contributed by atoms with E-state index in [1.165, 1.54) is 18.2 Å². The van der Waals surface area contributed by atoms with Crippen LogP contribution in [0.1, 0.15) is 42.1 Å². The third-order valence-corrected chi connectivity index (χ3v) is 7.26. The van der Waals surface area contributed by atoms with E-state index in [9.17, 15) is 18.3 Å². The summed E-state index contributed by atoms with van der Waals surface area (Å²) in [5.41, 5.74) is 2.86. The smallest absolute Gasteiger partial charge is 0.336 e. The molecule has 1 aromatic heterocycles. The van der Waals surface area contributed by atoms with Crippen LogP contribution in [-0.2, 0) is 16.4 Å². The summed E-state index contributed by atoms with van der Waals surface area (Å²) >= 11 is 0. The Balaban J connectivity index is 1.80. The number of nitrogens with zero attached hydrogens (tertiary/aromatic N) is 3. The van der Waals surface area contributed by atoms with Crippen LogP contribution in [0.5, 0.6) is 0 Å². The van der Waals surface area contributed by atoms with E-state index >= 15 is 0 Å². The molecule has 33 heavy (non-hydrogen) atoms. The van der Waals surface area contributed by atoms with Crippen LogP contribution in [-0.4, -0.2) is 42.8 Å². The summed E-state index contributed by atoms with van der Waals surface area (Å²) in [6, 6.07) is 13.5. The van der Waals surface area contributed by atoms with Gasteiger partial charge in [0.05, 0.1) is 27.5 Å². The highest BCUT2D eigenvalue weighted by atomic mass is 32.2. The number of sulfonamides is 1. The lowest BCUT2D eigenvalue weighted by Gasteiger charge is -2.31. The van der Waals surface area contributed by atoms with Gasteiger partial charge in [0.1, 0.15) is 0 Å². The van der Waals surface area contributed by atoms with Crippen LogP contribution in [0.2, 0.25) is 0 Å². The van der Waals surface area contributed by atoms with Crippen molar-refractivity contribution in [3.63, 3.8) is 0 Å². The number of piperidine rings is 1. The number of nitrogens with one attached hydrogen (secondary N) is 1. The number of benzene rings is 2. The summed E-state index contributed by atoms with van der Waals surface area (Å²) < 4.78 is 29.7. The number of aromatic carboxylic acids is 1. The zero-order valence-electron chi connectivity index (χ0n) is 18.4. The molecule has 2 N–H and O–H groups in total. The fourth-order valence-electron chi connectivity index (χ4n) is 4.23. The quantitative estimate of drug-likeness (QED) is 0.537. The van der Waals surface area contributed by atoms with E-state index in [0.717, 1.165) is 43.6 Å². The van der Waals surface area contributed by atoms with Crippen molar-refractivity contribution < 1.29 is 18.3 Å². The van der Waals surface area contributed by atoms with Gasteiger partial charge < -0.3 is 10.0 Å². The van der Waals surface area contributed by atoms with Gasteiger partial charge in [-0.25, -0.2) is 13.2 Å². The van der Waals surface area contributed by atoms with Crippen molar-refractivity contribution in [2.45, 2.75) is 37.5 Å². The normalized spacial score (nSPS) is 14.2. The topological polar surface area (TPSA) is 112 Å². The molecular weight excluding hydrogens is 440 g/mol. The predicted molar refractivity (Wildman–Crippen MR) is 127 cm³/mol. The van der Waals surface area contributed by atoms with Gasteiger partial charge in [0.2, 0.25) is 0 Å². The maximum absolute atomic E-state index is 13.5. The van der Waals surface area contributed by atoms with Crippen LogP contribution in [0.15, 0.2) is 59.6 Å². The molecule has 172 valence electrons. The lowest BCUT2D eigenvalue weighted by molar-refractivity contribution is 0.0695. The van der Waals surface area contributed by atoms with E-state index in [1.54, 1.807) is 25.3 Å². The molecular formula is C24H26N4O4S. The van der Waals surface area contributed by atoms with Crippen LogP contribution >= 0.6 is 0 Å². The van der Waals surface area contributed by atoms with Gasteiger partial charge in [-0.15, -0.1) is 0 Å². The van der Waals surface area contributed by atoms with Gasteiger partial charge in [0.15, 0.2) is 0 Å². The van der Waals surface area contributed by atoms with Crippen molar-refractivity contribution in [3.8, 4) is 11.3 Å². The first-order valence-electron chi connectivity index (χ1n) is 11.0. The zero-order valence-corrected chi connectivity index (χ0v) is 19.2. The summed E-state index contributed by atoms with van der Waals surface area (Å²) in [6.45, 7) is 3.43. The van der Waals surface area contributed by atoms with Gasteiger partial charge in [-0.3, -0.25) is 4.72 Å². The van der Waals surface area contributed by atoms with Gasteiger partial charge in [-0.05, 0) is 67.6 Å². The molecule has 1 saturated heterocycles. The molecule has 9 heteroatoms. The van der Waals surface area contributed by atoms with E-state index < -0.39 is 16.0 Å². The molecule has 0 saturated carbocycles. The van der Waals surface area contributed by atoms with E-state index in [0.29, 0.717) is 11.4 Å². The maximum atomic E-state index is 13.5. The molecule has 1 aliphatic heterocycles. The number of hydrogen-bond acceptors (Lipinski definition) is 6. The molecule has 0 aliphatic carbocycles. The van der Waals surface area contributed by atoms with Crippen LogP contribution < -0.4 is 9.62 Å². The zero-order chi connectivity index (χ0) is 23.4. The molecule has 3 aromatic rings. The highest BCUT2D eigenvalue weighted by Crippen LogP contribution is 2.34. The Morgan fingerprint density at radius 3 is 2.55 bits per heavy atom. The lowest BCUT2D eigenvalue weighted by Crippen LogP contribution is -2.30. The molecule has 0 spiro atoms. The van der Waals surface area contributed by atoms with Crippen molar-refractivity contribution >= 4 is 27.4 Å². The standard InChI is InChI=1S/C24H26N4O4S/c1-2-18-19(24(29)30)8-6-10-23(18)33(31,32)27-21-16-17(20-9-7-13-25-26-20)11-12-22(21)28-14-4-3-5-15-28/h6-13,16,27H,2-5,14-15H2,1H3,(H,29,30). The molecule has 8 nitrogen and oxygen atoms in total. The average molecular weight is 467 g/mol. The number of carbonyl (C=O) groups is 1. The molecule has 0 radical (unpaired) electrons. The number of anilines is 2. The molecule has 1 fully saturated rings.